The lowest BCUT2D eigenvalue weighted by atomic mass is 10.2. The minimum atomic E-state index is -0.438. The van der Waals surface area contributed by atoms with E-state index in [-0.39, 0.29) is 0 Å². The van der Waals surface area contributed by atoms with E-state index in [1.165, 1.54) is 0 Å². The Hall–Kier alpha value is -1.46. The maximum absolute atomic E-state index is 9.76. The Kier molecular flexibility index (Phi) is 5.74. The number of hydrogen-bond acceptors (Lipinski definition) is 5. The Morgan fingerprint density at radius 1 is 1.33 bits per heavy atom. The molecule has 102 valence electrons. The lowest BCUT2D eigenvalue weighted by molar-refractivity contribution is 0.174. The first-order valence-corrected chi connectivity index (χ1v) is 5.93. The molecule has 0 bridgehead atoms. The molecule has 0 aliphatic carbocycles. The van der Waals surface area contributed by atoms with Crippen molar-refractivity contribution >= 4 is 5.69 Å². The van der Waals surface area contributed by atoms with Crippen LogP contribution in [0.4, 0.5) is 5.69 Å². The molecule has 0 amide bonds. The van der Waals surface area contributed by atoms with Crippen LogP contribution >= 0.6 is 0 Å². The summed E-state index contributed by atoms with van der Waals surface area (Å²) in [4.78, 5) is 1.94. The Morgan fingerprint density at radius 2 is 2.06 bits per heavy atom. The number of rotatable bonds is 7. The number of ether oxygens (including phenoxy) is 2. The van der Waals surface area contributed by atoms with Crippen molar-refractivity contribution in [3.8, 4) is 11.5 Å². The maximum atomic E-state index is 9.76. The van der Waals surface area contributed by atoms with Gasteiger partial charge in [-0.05, 0) is 25.1 Å². The van der Waals surface area contributed by atoms with Crippen molar-refractivity contribution in [3.63, 3.8) is 0 Å². The number of benzene rings is 1. The topological polar surface area (TPSA) is 68.0 Å². The largest absolute Gasteiger partial charge is 0.497 e. The third-order valence-electron chi connectivity index (χ3n) is 2.78. The number of anilines is 1. The number of nitrogens with two attached hydrogens (primary N) is 1. The van der Waals surface area contributed by atoms with Gasteiger partial charge in [0.25, 0.3) is 0 Å². The highest BCUT2D eigenvalue weighted by Gasteiger charge is 2.13. The maximum Gasteiger partial charge on any atom is 0.145 e. The zero-order valence-corrected chi connectivity index (χ0v) is 11.2. The lowest BCUT2D eigenvalue weighted by Gasteiger charge is -2.24. The lowest BCUT2D eigenvalue weighted by Crippen LogP contribution is -2.30. The van der Waals surface area contributed by atoms with E-state index >= 15 is 0 Å². The molecule has 1 aromatic carbocycles. The molecule has 5 heteroatoms. The third kappa shape index (κ3) is 3.78. The van der Waals surface area contributed by atoms with Crippen LogP contribution in [-0.2, 0) is 0 Å². The van der Waals surface area contributed by atoms with E-state index in [1.54, 1.807) is 14.2 Å². The van der Waals surface area contributed by atoms with E-state index in [0.717, 1.165) is 17.2 Å². The first kappa shape index (κ1) is 14.6. The summed E-state index contributed by atoms with van der Waals surface area (Å²) in [5, 5.41) is 9.76. The number of aliphatic hydroxyl groups excluding tert-OH is 1. The molecule has 0 aliphatic rings. The van der Waals surface area contributed by atoms with E-state index in [9.17, 15) is 5.11 Å². The van der Waals surface area contributed by atoms with Crippen molar-refractivity contribution in [2.45, 2.75) is 12.5 Å². The van der Waals surface area contributed by atoms with Gasteiger partial charge in [0.2, 0.25) is 0 Å². The van der Waals surface area contributed by atoms with E-state index in [1.807, 2.05) is 30.1 Å². The molecule has 0 aliphatic heterocycles. The number of methoxy groups -OCH3 is 2. The molecular weight excluding hydrogens is 232 g/mol. The monoisotopic (exact) mass is 254 g/mol. The molecule has 0 fully saturated rings. The van der Waals surface area contributed by atoms with Gasteiger partial charge in [0.15, 0.2) is 0 Å². The van der Waals surface area contributed by atoms with Crippen molar-refractivity contribution in [3.05, 3.63) is 18.2 Å². The molecule has 5 nitrogen and oxygen atoms in total. The van der Waals surface area contributed by atoms with Crippen LogP contribution in [0.1, 0.15) is 6.42 Å². The molecule has 0 heterocycles. The summed E-state index contributed by atoms with van der Waals surface area (Å²) in [5.74, 6) is 1.46. The Bertz CT molecular complexity index is 371. The van der Waals surface area contributed by atoms with Gasteiger partial charge in [-0.15, -0.1) is 0 Å². The first-order chi connectivity index (χ1) is 8.62. The molecule has 1 unspecified atom stereocenters. The number of nitrogens with zero attached hydrogens (tertiary/aromatic N) is 1. The second-order valence-electron chi connectivity index (χ2n) is 4.15. The standard InChI is InChI=1S/C13H22N2O3/c1-15(9-10(16)6-7-14)12-5-4-11(17-2)8-13(12)18-3/h4-5,8,10,16H,6-7,9,14H2,1-3H3. The SMILES string of the molecule is COc1ccc(N(C)CC(O)CCN)c(OC)c1. The number of aliphatic hydroxyl groups is 1. The second-order valence-corrected chi connectivity index (χ2v) is 4.15. The number of hydrogen-bond donors (Lipinski definition) is 2. The molecule has 0 radical (unpaired) electrons. The predicted octanol–water partition coefficient (Wildman–Crippen LogP) is 0.850. The zero-order valence-electron chi connectivity index (χ0n) is 11.2. The molecule has 1 rings (SSSR count). The molecule has 1 aromatic rings. The summed E-state index contributed by atoms with van der Waals surface area (Å²) >= 11 is 0. The van der Waals surface area contributed by atoms with E-state index in [0.29, 0.717) is 19.5 Å². The highest BCUT2D eigenvalue weighted by atomic mass is 16.5. The van der Waals surface area contributed by atoms with Gasteiger partial charge in [0.1, 0.15) is 11.5 Å². The Morgan fingerprint density at radius 3 is 2.61 bits per heavy atom. The van der Waals surface area contributed by atoms with Gasteiger partial charge < -0.3 is 25.2 Å². The van der Waals surface area contributed by atoms with Gasteiger partial charge >= 0.3 is 0 Å². The Balaban J connectivity index is 2.81. The number of likely N-dealkylation sites (N-methyl/N-ethyl adjacent to an activating group) is 1. The average molecular weight is 254 g/mol. The summed E-state index contributed by atoms with van der Waals surface area (Å²) in [5.41, 5.74) is 6.33. The van der Waals surface area contributed by atoms with Crippen molar-refractivity contribution in [1.29, 1.82) is 0 Å². The molecule has 18 heavy (non-hydrogen) atoms. The minimum Gasteiger partial charge on any atom is -0.497 e. The quantitative estimate of drug-likeness (QED) is 0.755. The van der Waals surface area contributed by atoms with Crippen LogP contribution in [0.5, 0.6) is 11.5 Å². The van der Waals surface area contributed by atoms with E-state index < -0.39 is 6.10 Å². The second kappa shape index (κ2) is 7.08. The van der Waals surface area contributed by atoms with Crippen molar-refractivity contribution < 1.29 is 14.6 Å². The van der Waals surface area contributed by atoms with Crippen LogP contribution in [-0.4, -0.2) is 45.6 Å². The van der Waals surface area contributed by atoms with Crippen LogP contribution < -0.4 is 20.1 Å². The average Bonchev–Trinajstić information content (AvgIpc) is 2.38. The fourth-order valence-electron chi connectivity index (χ4n) is 1.80. The summed E-state index contributed by atoms with van der Waals surface area (Å²) in [7, 11) is 5.13. The fourth-order valence-corrected chi connectivity index (χ4v) is 1.80. The van der Waals surface area contributed by atoms with E-state index in [4.69, 9.17) is 15.2 Å². The fraction of sp³-hybridized carbons (Fsp3) is 0.538. The predicted molar refractivity (Wildman–Crippen MR) is 72.5 cm³/mol. The van der Waals surface area contributed by atoms with Crippen LogP contribution in [0.25, 0.3) is 0 Å². The van der Waals surface area contributed by atoms with Crippen molar-refractivity contribution in [1.82, 2.24) is 0 Å². The van der Waals surface area contributed by atoms with Gasteiger partial charge in [0.05, 0.1) is 26.0 Å². The van der Waals surface area contributed by atoms with Crippen LogP contribution in [0.2, 0.25) is 0 Å². The van der Waals surface area contributed by atoms with Gasteiger partial charge in [-0.25, -0.2) is 0 Å². The summed E-state index contributed by atoms with van der Waals surface area (Å²) in [6, 6.07) is 5.59. The molecule has 0 saturated heterocycles. The van der Waals surface area contributed by atoms with Crippen LogP contribution in [0, 0.1) is 0 Å². The van der Waals surface area contributed by atoms with Gasteiger partial charge in [-0.3, -0.25) is 0 Å². The molecular formula is C13H22N2O3. The van der Waals surface area contributed by atoms with E-state index in [2.05, 4.69) is 0 Å². The van der Waals surface area contributed by atoms with Crippen molar-refractivity contribution in [2.75, 3.05) is 39.3 Å². The Labute approximate surface area is 108 Å². The molecule has 1 atom stereocenters. The highest BCUT2D eigenvalue weighted by Crippen LogP contribution is 2.31. The summed E-state index contributed by atoms with van der Waals surface area (Å²) in [6.45, 7) is 0.995. The van der Waals surface area contributed by atoms with Crippen LogP contribution in [0.15, 0.2) is 18.2 Å². The van der Waals surface area contributed by atoms with Gasteiger partial charge in [-0.1, -0.05) is 0 Å². The first-order valence-electron chi connectivity index (χ1n) is 5.93. The molecule has 0 saturated carbocycles. The normalized spacial score (nSPS) is 12.1. The summed E-state index contributed by atoms with van der Waals surface area (Å²) in [6.07, 6.45) is 0.148. The van der Waals surface area contributed by atoms with Gasteiger partial charge in [0, 0.05) is 19.7 Å². The third-order valence-corrected chi connectivity index (χ3v) is 2.78. The molecule has 3 N–H and O–H groups in total. The summed E-state index contributed by atoms with van der Waals surface area (Å²) < 4.78 is 10.5. The van der Waals surface area contributed by atoms with Crippen LogP contribution in [0.3, 0.4) is 0 Å². The molecule has 0 spiro atoms. The molecule has 0 aromatic heterocycles. The minimum absolute atomic E-state index is 0.438. The zero-order chi connectivity index (χ0) is 13.5. The highest BCUT2D eigenvalue weighted by molar-refractivity contribution is 5.60. The smallest absolute Gasteiger partial charge is 0.145 e. The van der Waals surface area contributed by atoms with Gasteiger partial charge in [-0.2, -0.15) is 0 Å². The van der Waals surface area contributed by atoms with Crippen molar-refractivity contribution in [2.24, 2.45) is 5.73 Å².